The number of aryl methyl sites for hydroxylation is 3. The molecule has 0 spiro atoms. The van der Waals surface area contributed by atoms with E-state index in [0.717, 1.165) is 22.6 Å². The van der Waals surface area contributed by atoms with Crippen LogP contribution in [0.25, 0.3) is 10.6 Å². The molecule has 2 aromatic carbocycles. The van der Waals surface area contributed by atoms with Crippen molar-refractivity contribution in [1.29, 1.82) is 0 Å². The number of aromatic nitrogens is 1. The fourth-order valence-electron chi connectivity index (χ4n) is 2.90. The first-order valence-electron chi connectivity index (χ1n) is 9.56. The third kappa shape index (κ3) is 5.09. The number of hydrogen-bond donors (Lipinski definition) is 1. The van der Waals surface area contributed by atoms with E-state index < -0.39 is 0 Å². The highest BCUT2D eigenvalue weighted by Gasteiger charge is 2.21. The summed E-state index contributed by atoms with van der Waals surface area (Å²) in [6.45, 7) is 5.91. The van der Waals surface area contributed by atoms with Gasteiger partial charge in [0.25, 0.3) is 5.91 Å². The summed E-state index contributed by atoms with van der Waals surface area (Å²) in [5.41, 5.74) is 4.77. The third-order valence-electron chi connectivity index (χ3n) is 4.66. The highest BCUT2D eigenvalue weighted by atomic mass is 32.1. The Morgan fingerprint density at radius 2 is 1.69 bits per heavy atom. The summed E-state index contributed by atoms with van der Waals surface area (Å²) in [6, 6.07) is 15.8. The lowest BCUT2D eigenvalue weighted by atomic mass is 10.1. The second-order valence-electron chi connectivity index (χ2n) is 7.06. The maximum atomic E-state index is 12.9. The molecule has 1 N–H and O–H groups in total. The molecule has 0 aliphatic rings. The van der Waals surface area contributed by atoms with Crippen LogP contribution in [-0.4, -0.2) is 35.3 Å². The fraction of sp³-hybridized carbons (Fsp3) is 0.261. The van der Waals surface area contributed by atoms with E-state index in [4.69, 9.17) is 0 Å². The van der Waals surface area contributed by atoms with Gasteiger partial charge in [0.15, 0.2) is 0 Å². The standard InChI is InChI=1S/C23H25N3O2S/c1-5-17-8-10-18(11-9-17)22-24-16(3)21(29-22)23(28)26(4)14-20(27)25-19-12-6-15(2)7-13-19/h6-13H,5,14H2,1-4H3,(H,25,27). The lowest BCUT2D eigenvalue weighted by Gasteiger charge is -2.16. The van der Waals surface area contributed by atoms with Crippen LogP contribution in [0.15, 0.2) is 48.5 Å². The molecule has 0 saturated heterocycles. The predicted molar refractivity (Wildman–Crippen MR) is 118 cm³/mol. The van der Waals surface area contributed by atoms with Crippen LogP contribution < -0.4 is 5.32 Å². The summed E-state index contributed by atoms with van der Waals surface area (Å²) in [5.74, 6) is -0.433. The molecule has 1 aromatic heterocycles. The Morgan fingerprint density at radius 3 is 2.31 bits per heavy atom. The number of carbonyl (C=O) groups is 2. The number of carbonyl (C=O) groups excluding carboxylic acids is 2. The zero-order valence-corrected chi connectivity index (χ0v) is 18.0. The van der Waals surface area contributed by atoms with E-state index >= 15 is 0 Å². The van der Waals surface area contributed by atoms with Crippen LogP contribution in [0.5, 0.6) is 0 Å². The quantitative estimate of drug-likeness (QED) is 0.644. The van der Waals surface area contributed by atoms with E-state index in [0.29, 0.717) is 16.3 Å². The molecule has 0 saturated carbocycles. The van der Waals surface area contributed by atoms with E-state index in [-0.39, 0.29) is 18.4 Å². The van der Waals surface area contributed by atoms with Crippen molar-refractivity contribution >= 4 is 28.8 Å². The number of anilines is 1. The summed E-state index contributed by atoms with van der Waals surface area (Å²) in [5, 5.41) is 3.63. The van der Waals surface area contributed by atoms with E-state index in [1.807, 2.05) is 50.2 Å². The molecule has 0 unspecified atom stereocenters. The lowest BCUT2D eigenvalue weighted by molar-refractivity contribution is -0.116. The summed E-state index contributed by atoms with van der Waals surface area (Å²) in [4.78, 5) is 31.7. The Bertz CT molecular complexity index is 1010. The SMILES string of the molecule is CCc1ccc(-c2nc(C)c(C(=O)N(C)CC(=O)Nc3ccc(C)cc3)s2)cc1. The van der Waals surface area contributed by atoms with Crippen molar-refractivity contribution in [1.82, 2.24) is 9.88 Å². The highest BCUT2D eigenvalue weighted by molar-refractivity contribution is 7.17. The molecule has 0 aliphatic heterocycles. The maximum Gasteiger partial charge on any atom is 0.266 e. The van der Waals surface area contributed by atoms with Gasteiger partial charge in [0.2, 0.25) is 5.91 Å². The third-order valence-corrected chi connectivity index (χ3v) is 5.86. The normalized spacial score (nSPS) is 10.6. The number of hydrogen-bond acceptors (Lipinski definition) is 4. The number of thiazole rings is 1. The van der Waals surface area contributed by atoms with Crippen molar-refractivity contribution in [3.63, 3.8) is 0 Å². The minimum absolute atomic E-state index is 0.0232. The van der Waals surface area contributed by atoms with Crippen molar-refractivity contribution < 1.29 is 9.59 Å². The van der Waals surface area contributed by atoms with Gasteiger partial charge in [0.1, 0.15) is 9.88 Å². The Kier molecular flexibility index (Phi) is 6.44. The largest absolute Gasteiger partial charge is 0.332 e. The molecule has 0 radical (unpaired) electrons. The van der Waals surface area contributed by atoms with Crippen molar-refractivity contribution in [3.8, 4) is 10.6 Å². The number of likely N-dealkylation sites (N-methyl/N-ethyl adjacent to an activating group) is 1. The van der Waals surface area contributed by atoms with E-state index in [1.54, 1.807) is 7.05 Å². The van der Waals surface area contributed by atoms with E-state index in [2.05, 4.69) is 29.4 Å². The van der Waals surface area contributed by atoms with Gasteiger partial charge in [0.05, 0.1) is 12.2 Å². The molecular weight excluding hydrogens is 382 g/mol. The van der Waals surface area contributed by atoms with Gasteiger partial charge in [0, 0.05) is 18.3 Å². The van der Waals surface area contributed by atoms with Gasteiger partial charge in [-0.2, -0.15) is 0 Å². The molecule has 1 heterocycles. The molecule has 0 atom stereocenters. The zero-order valence-electron chi connectivity index (χ0n) is 17.2. The summed E-state index contributed by atoms with van der Waals surface area (Å²) in [7, 11) is 1.63. The van der Waals surface area contributed by atoms with Crippen LogP contribution >= 0.6 is 11.3 Å². The molecule has 29 heavy (non-hydrogen) atoms. The van der Waals surface area contributed by atoms with Crippen molar-refractivity contribution in [2.24, 2.45) is 0 Å². The van der Waals surface area contributed by atoms with Crippen LogP contribution in [0.3, 0.4) is 0 Å². The summed E-state index contributed by atoms with van der Waals surface area (Å²) >= 11 is 1.36. The van der Waals surface area contributed by atoms with Gasteiger partial charge in [-0.25, -0.2) is 4.98 Å². The smallest absolute Gasteiger partial charge is 0.266 e. The van der Waals surface area contributed by atoms with Crippen LogP contribution in [0, 0.1) is 13.8 Å². The highest BCUT2D eigenvalue weighted by Crippen LogP contribution is 2.29. The van der Waals surface area contributed by atoms with E-state index in [1.165, 1.54) is 21.8 Å². The van der Waals surface area contributed by atoms with Gasteiger partial charge in [-0.05, 0) is 38.0 Å². The van der Waals surface area contributed by atoms with Crippen molar-refractivity contribution in [2.45, 2.75) is 27.2 Å². The predicted octanol–water partition coefficient (Wildman–Crippen LogP) is 4.70. The number of nitrogens with one attached hydrogen (secondary N) is 1. The number of benzene rings is 2. The minimum Gasteiger partial charge on any atom is -0.332 e. The summed E-state index contributed by atoms with van der Waals surface area (Å²) in [6.07, 6.45) is 0.983. The Hall–Kier alpha value is -2.99. The molecule has 150 valence electrons. The van der Waals surface area contributed by atoms with Crippen LogP contribution in [0.2, 0.25) is 0 Å². The van der Waals surface area contributed by atoms with Crippen LogP contribution in [-0.2, 0) is 11.2 Å². The molecule has 6 heteroatoms. The van der Waals surface area contributed by atoms with Gasteiger partial charge < -0.3 is 10.2 Å². The number of rotatable bonds is 6. The minimum atomic E-state index is -0.234. The fourth-order valence-corrected chi connectivity index (χ4v) is 3.97. The average Bonchev–Trinajstić information content (AvgIpc) is 3.10. The zero-order chi connectivity index (χ0) is 21.0. The van der Waals surface area contributed by atoms with E-state index in [9.17, 15) is 9.59 Å². The molecule has 0 aliphatic carbocycles. The second kappa shape index (κ2) is 9.01. The molecule has 0 bridgehead atoms. The second-order valence-corrected chi connectivity index (χ2v) is 8.06. The monoisotopic (exact) mass is 407 g/mol. The van der Waals surface area contributed by atoms with Crippen LogP contribution in [0.4, 0.5) is 5.69 Å². The van der Waals surface area contributed by atoms with Crippen molar-refractivity contribution in [2.75, 3.05) is 18.9 Å². The van der Waals surface area contributed by atoms with Gasteiger partial charge in [-0.3, -0.25) is 9.59 Å². The molecule has 3 aromatic rings. The molecule has 0 fully saturated rings. The summed E-state index contributed by atoms with van der Waals surface area (Å²) < 4.78 is 0. The van der Waals surface area contributed by atoms with Crippen LogP contribution in [0.1, 0.15) is 33.4 Å². The maximum absolute atomic E-state index is 12.9. The van der Waals surface area contributed by atoms with Gasteiger partial charge in [-0.1, -0.05) is 48.9 Å². The number of amides is 2. The van der Waals surface area contributed by atoms with Gasteiger partial charge >= 0.3 is 0 Å². The van der Waals surface area contributed by atoms with Gasteiger partial charge in [-0.15, -0.1) is 11.3 Å². The Morgan fingerprint density at radius 1 is 1.03 bits per heavy atom. The molecule has 5 nitrogen and oxygen atoms in total. The molecule has 2 amide bonds. The Balaban J connectivity index is 1.68. The average molecular weight is 408 g/mol. The topological polar surface area (TPSA) is 62.3 Å². The molecule has 3 rings (SSSR count). The van der Waals surface area contributed by atoms with Crippen molar-refractivity contribution in [3.05, 3.63) is 70.2 Å². The first-order valence-corrected chi connectivity index (χ1v) is 10.4. The first-order chi connectivity index (χ1) is 13.9. The Labute approximate surface area is 175 Å². The lowest BCUT2D eigenvalue weighted by Crippen LogP contribution is -2.34. The molecular formula is C23H25N3O2S. The number of nitrogens with zero attached hydrogens (tertiary/aromatic N) is 2. The first kappa shape index (κ1) is 20.7.